The summed E-state index contributed by atoms with van der Waals surface area (Å²) < 4.78 is 5.56. The Hall–Kier alpha value is -2.01. The highest BCUT2D eigenvalue weighted by Gasteiger charge is 2.39. The van der Waals surface area contributed by atoms with E-state index in [4.69, 9.17) is 4.74 Å². The number of aromatic amines is 1. The zero-order valence-electron chi connectivity index (χ0n) is 12.8. The van der Waals surface area contributed by atoms with Gasteiger partial charge < -0.3 is 19.9 Å². The summed E-state index contributed by atoms with van der Waals surface area (Å²) in [5, 5.41) is 4.25. The van der Waals surface area contributed by atoms with E-state index in [0.717, 1.165) is 22.2 Å². The standard InChI is InChI=1S/C17H21N3O2/c1-11-8-13-4-5-18-15(13)9-14(11)19-17(21)20-6-7-22-10-16(20)12-2-3-12/h4-5,8-9,12,16,18H,2-3,6-7,10H2,1H3,(H,19,21). The van der Waals surface area contributed by atoms with Gasteiger partial charge in [-0.25, -0.2) is 4.79 Å². The van der Waals surface area contributed by atoms with Crippen LogP contribution in [0.2, 0.25) is 0 Å². The molecule has 0 spiro atoms. The Labute approximate surface area is 129 Å². The molecule has 1 aliphatic carbocycles. The Bertz CT molecular complexity index is 705. The molecule has 22 heavy (non-hydrogen) atoms. The van der Waals surface area contributed by atoms with Crippen LogP contribution in [0.1, 0.15) is 18.4 Å². The van der Waals surface area contributed by atoms with Crippen LogP contribution >= 0.6 is 0 Å². The Morgan fingerprint density at radius 2 is 2.27 bits per heavy atom. The van der Waals surface area contributed by atoms with Crippen LogP contribution in [0.5, 0.6) is 0 Å². The van der Waals surface area contributed by atoms with E-state index in [2.05, 4.69) is 16.4 Å². The van der Waals surface area contributed by atoms with Crippen LogP contribution in [0.15, 0.2) is 24.4 Å². The lowest BCUT2D eigenvalue weighted by atomic mass is 10.1. The summed E-state index contributed by atoms with van der Waals surface area (Å²) in [6, 6.07) is 6.38. The van der Waals surface area contributed by atoms with Crippen LogP contribution in [-0.2, 0) is 4.74 Å². The fraction of sp³-hybridized carbons (Fsp3) is 0.471. The van der Waals surface area contributed by atoms with Gasteiger partial charge in [0, 0.05) is 23.9 Å². The number of carbonyl (C=O) groups excluding carboxylic acids is 1. The second kappa shape index (κ2) is 5.32. The zero-order valence-corrected chi connectivity index (χ0v) is 12.8. The van der Waals surface area contributed by atoms with E-state index >= 15 is 0 Å². The van der Waals surface area contributed by atoms with Crippen molar-refractivity contribution >= 4 is 22.6 Å². The van der Waals surface area contributed by atoms with Gasteiger partial charge >= 0.3 is 6.03 Å². The van der Waals surface area contributed by atoms with Gasteiger partial charge in [-0.2, -0.15) is 0 Å². The maximum atomic E-state index is 12.7. The molecule has 0 bridgehead atoms. The van der Waals surface area contributed by atoms with Crippen molar-refractivity contribution in [3.63, 3.8) is 0 Å². The van der Waals surface area contributed by atoms with Crippen molar-refractivity contribution in [2.75, 3.05) is 25.1 Å². The van der Waals surface area contributed by atoms with Crippen LogP contribution in [0.3, 0.4) is 0 Å². The fourth-order valence-corrected chi connectivity index (χ4v) is 3.28. The maximum Gasteiger partial charge on any atom is 0.322 e. The minimum atomic E-state index is -0.00536. The molecule has 5 heteroatoms. The summed E-state index contributed by atoms with van der Waals surface area (Å²) >= 11 is 0. The molecule has 2 aliphatic rings. The predicted molar refractivity (Wildman–Crippen MR) is 86.1 cm³/mol. The second-order valence-corrected chi connectivity index (χ2v) is 6.34. The monoisotopic (exact) mass is 299 g/mol. The van der Waals surface area contributed by atoms with Crippen molar-refractivity contribution in [3.05, 3.63) is 30.0 Å². The predicted octanol–water partition coefficient (Wildman–Crippen LogP) is 3.12. The summed E-state index contributed by atoms with van der Waals surface area (Å²) in [5.41, 5.74) is 3.00. The van der Waals surface area contributed by atoms with Crippen LogP contribution in [0, 0.1) is 12.8 Å². The SMILES string of the molecule is Cc1cc2cc[nH]c2cc1NC(=O)N1CCOCC1C1CC1. The number of anilines is 1. The van der Waals surface area contributed by atoms with Crippen molar-refractivity contribution in [2.24, 2.45) is 5.92 Å². The highest BCUT2D eigenvalue weighted by atomic mass is 16.5. The molecule has 116 valence electrons. The molecule has 1 aromatic carbocycles. The van der Waals surface area contributed by atoms with Gasteiger partial charge in [-0.15, -0.1) is 0 Å². The zero-order chi connectivity index (χ0) is 15.1. The molecular weight excluding hydrogens is 278 g/mol. The number of nitrogens with zero attached hydrogens (tertiary/aromatic N) is 1. The number of ether oxygens (including phenoxy) is 1. The molecule has 1 unspecified atom stereocenters. The van der Waals surface area contributed by atoms with Gasteiger partial charge in [0.05, 0.1) is 19.3 Å². The van der Waals surface area contributed by atoms with E-state index in [1.54, 1.807) is 0 Å². The number of morpholine rings is 1. The Balaban J connectivity index is 1.55. The summed E-state index contributed by atoms with van der Waals surface area (Å²) in [6.07, 6.45) is 4.34. The number of benzene rings is 1. The first-order chi connectivity index (χ1) is 10.7. The summed E-state index contributed by atoms with van der Waals surface area (Å²) in [4.78, 5) is 17.8. The van der Waals surface area contributed by atoms with Crippen molar-refractivity contribution in [2.45, 2.75) is 25.8 Å². The molecule has 1 aromatic heterocycles. The van der Waals surface area contributed by atoms with Gasteiger partial charge in [-0.1, -0.05) is 0 Å². The van der Waals surface area contributed by atoms with E-state index in [-0.39, 0.29) is 12.1 Å². The smallest absolute Gasteiger partial charge is 0.322 e. The topological polar surface area (TPSA) is 57.4 Å². The van der Waals surface area contributed by atoms with Gasteiger partial charge in [-0.3, -0.25) is 0 Å². The van der Waals surface area contributed by atoms with Gasteiger partial charge in [0.2, 0.25) is 0 Å². The number of H-pyrrole nitrogens is 1. The lowest BCUT2D eigenvalue weighted by molar-refractivity contribution is 0.00772. The molecular formula is C17H21N3O2. The molecule has 1 aliphatic heterocycles. The Morgan fingerprint density at radius 1 is 1.41 bits per heavy atom. The number of amides is 2. The van der Waals surface area contributed by atoms with Crippen molar-refractivity contribution in [1.82, 2.24) is 9.88 Å². The van der Waals surface area contributed by atoms with E-state index < -0.39 is 0 Å². The molecule has 1 atom stereocenters. The third kappa shape index (κ3) is 2.46. The van der Waals surface area contributed by atoms with Crippen molar-refractivity contribution in [3.8, 4) is 0 Å². The summed E-state index contributed by atoms with van der Waals surface area (Å²) in [7, 11) is 0. The molecule has 4 rings (SSSR count). The molecule has 1 saturated heterocycles. The fourth-order valence-electron chi connectivity index (χ4n) is 3.28. The first kappa shape index (κ1) is 13.6. The molecule has 2 N–H and O–H groups in total. The molecule has 0 radical (unpaired) electrons. The molecule has 2 aromatic rings. The van der Waals surface area contributed by atoms with Crippen LogP contribution < -0.4 is 5.32 Å². The van der Waals surface area contributed by atoms with Gasteiger partial charge in [0.1, 0.15) is 0 Å². The van der Waals surface area contributed by atoms with Gasteiger partial charge in [0.15, 0.2) is 0 Å². The van der Waals surface area contributed by atoms with E-state index in [1.165, 1.54) is 12.8 Å². The first-order valence-electron chi connectivity index (χ1n) is 7.95. The van der Waals surface area contributed by atoms with Crippen molar-refractivity contribution < 1.29 is 9.53 Å². The number of hydrogen-bond acceptors (Lipinski definition) is 2. The van der Waals surface area contributed by atoms with Crippen LogP contribution in [0.25, 0.3) is 10.9 Å². The molecule has 5 nitrogen and oxygen atoms in total. The number of nitrogens with one attached hydrogen (secondary N) is 2. The van der Waals surface area contributed by atoms with Gasteiger partial charge in [-0.05, 0) is 54.8 Å². The number of urea groups is 1. The third-order valence-electron chi connectivity index (χ3n) is 4.73. The molecule has 2 fully saturated rings. The lowest BCUT2D eigenvalue weighted by Gasteiger charge is -2.35. The summed E-state index contributed by atoms with van der Waals surface area (Å²) in [6.45, 7) is 4.01. The minimum Gasteiger partial charge on any atom is -0.377 e. The minimum absolute atomic E-state index is 0.00536. The van der Waals surface area contributed by atoms with Crippen LogP contribution in [0.4, 0.5) is 10.5 Å². The number of aromatic nitrogens is 1. The Morgan fingerprint density at radius 3 is 3.09 bits per heavy atom. The third-order valence-corrected chi connectivity index (χ3v) is 4.73. The second-order valence-electron chi connectivity index (χ2n) is 6.34. The summed E-state index contributed by atoms with van der Waals surface area (Å²) in [5.74, 6) is 0.623. The lowest BCUT2D eigenvalue weighted by Crippen LogP contribution is -2.51. The highest BCUT2D eigenvalue weighted by Crippen LogP contribution is 2.36. The van der Waals surface area contributed by atoms with Gasteiger partial charge in [0.25, 0.3) is 0 Å². The molecule has 2 amide bonds. The number of aryl methyl sites for hydroxylation is 1. The number of rotatable bonds is 2. The number of hydrogen-bond donors (Lipinski definition) is 2. The Kier molecular flexibility index (Phi) is 3.30. The maximum absolute atomic E-state index is 12.7. The molecule has 1 saturated carbocycles. The highest BCUT2D eigenvalue weighted by molar-refractivity contribution is 5.94. The van der Waals surface area contributed by atoms with E-state index in [0.29, 0.717) is 25.7 Å². The quantitative estimate of drug-likeness (QED) is 0.895. The number of fused-ring (bicyclic) bond motifs is 1. The molecule has 2 heterocycles. The largest absolute Gasteiger partial charge is 0.377 e. The van der Waals surface area contributed by atoms with Crippen molar-refractivity contribution in [1.29, 1.82) is 0 Å². The first-order valence-corrected chi connectivity index (χ1v) is 7.95. The van der Waals surface area contributed by atoms with E-state index in [1.807, 2.05) is 30.2 Å². The van der Waals surface area contributed by atoms with E-state index in [9.17, 15) is 4.79 Å². The number of carbonyl (C=O) groups is 1. The normalized spacial score (nSPS) is 22.0. The average Bonchev–Trinajstić information content (AvgIpc) is 3.28. The average molecular weight is 299 g/mol. The van der Waals surface area contributed by atoms with Crippen LogP contribution in [-0.4, -0.2) is 41.7 Å².